The van der Waals surface area contributed by atoms with Crippen LogP contribution >= 0.6 is 0 Å². The highest BCUT2D eigenvalue weighted by molar-refractivity contribution is 5.70. The monoisotopic (exact) mass is 209 g/mol. The third-order valence-electron chi connectivity index (χ3n) is 2.74. The van der Waals surface area contributed by atoms with E-state index in [2.05, 4.69) is 0 Å². The Morgan fingerprint density at radius 1 is 1.47 bits per heavy atom. The van der Waals surface area contributed by atoms with Gasteiger partial charge in [-0.15, -0.1) is 0 Å². The molecule has 1 heterocycles. The van der Waals surface area contributed by atoms with Gasteiger partial charge in [-0.1, -0.05) is 12.1 Å². The maximum atomic E-state index is 13.0. The van der Waals surface area contributed by atoms with Crippen molar-refractivity contribution in [3.63, 3.8) is 0 Å². The molecular weight excluding hydrogens is 197 g/mol. The lowest BCUT2D eigenvalue weighted by atomic mass is 10.0. The van der Waals surface area contributed by atoms with Crippen LogP contribution < -0.4 is 0 Å². The lowest BCUT2D eigenvalue weighted by Gasteiger charge is -2.16. The Hall–Kier alpha value is -1.58. The van der Waals surface area contributed by atoms with Crippen molar-refractivity contribution in [2.45, 2.75) is 19.1 Å². The van der Waals surface area contributed by atoms with Gasteiger partial charge < -0.3 is 9.64 Å². The molecule has 1 aromatic rings. The number of benzene rings is 1. The van der Waals surface area contributed by atoms with Crippen LogP contribution in [0.3, 0.4) is 0 Å². The van der Waals surface area contributed by atoms with E-state index in [4.69, 9.17) is 4.74 Å². The number of carbonyl (C=O) groups is 1. The van der Waals surface area contributed by atoms with Gasteiger partial charge in [0.05, 0.1) is 6.04 Å². The Labute approximate surface area is 87.5 Å². The topological polar surface area (TPSA) is 29.5 Å². The average molecular weight is 209 g/mol. The second-order valence-electron chi connectivity index (χ2n) is 3.71. The van der Waals surface area contributed by atoms with E-state index in [0.29, 0.717) is 5.56 Å². The van der Waals surface area contributed by atoms with Gasteiger partial charge in [-0.2, -0.15) is 0 Å². The second-order valence-corrected chi connectivity index (χ2v) is 3.71. The normalized spacial score (nSPS) is 25.5. The highest BCUT2D eigenvalue weighted by Crippen LogP contribution is 2.31. The maximum Gasteiger partial charge on any atom is 0.410 e. The molecule has 0 aliphatic carbocycles. The van der Waals surface area contributed by atoms with Crippen LogP contribution in [0.5, 0.6) is 0 Å². The van der Waals surface area contributed by atoms with Gasteiger partial charge in [-0.25, -0.2) is 9.18 Å². The molecule has 4 heteroatoms. The molecule has 0 saturated carbocycles. The van der Waals surface area contributed by atoms with Crippen molar-refractivity contribution in [1.29, 1.82) is 0 Å². The van der Waals surface area contributed by atoms with Gasteiger partial charge in [-0.3, -0.25) is 0 Å². The van der Waals surface area contributed by atoms with Crippen molar-refractivity contribution < 1.29 is 13.9 Å². The van der Waals surface area contributed by atoms with Crippen LogP contribution in [0, 0.1) is 5.82 Å². The first-order valence-electron chi connectivity index (χ1n) is 4.78. The van der Waals surface area contributed by atoms with Crippen molar-refractivity contribution in [3.05, 3.63) is 35.6 Å². The molecule has 1 aliphatic heterocycles. The van der Waals surface area contributed by atoms with Crippen LogP contribution in [0.1, 0.15) is 18.6 Å². The van der Waals surface area contributed by atoms with Crippen LogP contribution in [0.25, 0.3) is 0 Å². The Morgan fingerprint density at radius 3 is 2.73 bits per heavy atom. The number of amides is 1. The zero-order chi connectivity index (χ0) is 11.0. The van der Waals surface area contributed by atoms with Crippen molar-refractivity contribution in [1.82, 2.24) is 4.90 Å². The molecule has 0 unspecified atom stereocenters. The van der Waals surface area contributed by atoms with Gasteiger partial charge >= 0.3 is 6.09 Å². The fourth-order valence-electron chi connectivity index (χ4n) is 1.69. The van der Waals surface area contributed by atoms with Gasteiger partial charge in [0, 0.05) is 7.05 Å². The van der Waals surface area contributed by atoms with Crippen molar-refractivity contribution in [3.8, 4) is 0 Å². The quantitative estimate of drug-likeness (QED) is 0.710. The Balaban J connectivity index is 2.29. The van der Waals surface area contributed by atoms with Gasteiger partial charge in [0.25, 0.3) is 0 Å². The predicted octanol–water partition coefficient (Wildman–Crippen LogP) is 2.34. The third-order valence-corrected chi connectivity index (χ3v) is 2.74. The van der Waals surface area contributed by atoms with Crippen LogP contribution in [0.4, 0.5) is 9.18 Å². The standard InChI is InChI=1S/C11H12FNO2/c1-7-10(15-11(14)13(7)2)8-4-3-5-9(12)6-8/h3-7,10H,1-2H3/t7-,10-/m0/s1. The maximum absolute atomic E-state index is 13.0. The van der Waals surface area contributed by atoms with Crippen LogP contribution in [0.15, 0.2) is 24.3 Å². The number of ether oxygens (including phenoxy) is 1. The summed E-state index contributed by atoms with van der Waals surface area (Å²) in [5, 5.41) is 0. The highest BCUT2D eigenvalue weighted by atomic mass is 19.1. The molecular formula is C11H12FNO2. The molecule has 0 spiro atoms. The fraction of sp³-hybridized carbons (Fsp3) is 0.364. The second kappa shape index (κ2) is 3.53. The molecule has 1 saturated heterocycles. The van der Waals surface area contributed by atoms with E-state index in [1.165, 1.54) is 17.0 Å². The Bertz CT molecular complexity index is 394. The number of cyclic esters (lactones) is 1. The summed E-state index contributed by atoms with van der Waals surface area (Å²) >= 11 is 0. The lowest BCUT2D eigenvalue weighted by molar-refractivity contribution is 0.131. The van der Waals surface area contributed by atoms with Crippen LogP contribution in [-0.2, 0) is 4.74 Å². The highest BCUT2D eigenvalue weighted by Gasteiger charge is 2.37. The fourth-order valence-corrected chi connectivity index (χ4v) is 1.69. The minimum atomic E-state index is -0.377. The molecule has 1 aliphatic rings. The number of nitrogens with zero attached hydrogens (tertiary/aromatic N) is 1. The number of carbonyl (C=O) groups excluding carboxylic acids is 1. The van der Waals surface area contributed by atoms with E-state index in [9.17, 15) is 9.18 Å². The predicted molar refractivity (Wildman–Crippen MR) is 52.8 cm³/mol. The third kappa shape index (κ3) is 1.67. The number of hydrogen-bond donors (Lipinski definition) is 0. The summed E-state index contributed by atoms with van der Waals surface area (Å²) in [4.78, 5) is 12.8. The molecule has 80 valence electrons. The summed E-state index contributed by atoms with van der Waals surface area (Å²) in [5.74, 6) is -0.315. The van der Waals surface area contributed by atoms with Gasteiger partial charge in [0.15, 0.2) is 0 Å². The average Bonchev–Trinajstić information content (AvgIpc) is 2.46. The van der Waals surface area contributed by atoms with E-state index >= 15 is 0 Å². The lowest BCUT2D eigenvalue weighted by Crippen LogP contribution is -2.27. The molecule has 1 aromatic carbocycles. The first-order chi connectivity index (χ1) is 7.09. The van der Waals surface area contributed by atoms with Crippen LogP contribution in [-0.4, -0.2) is 24.1 Å². The van der Waals surface area contributed by atoms with E-state index in [1.54, 1.807) is 19.2 Å². The van der Waals surface area contributed by atoms with Crippen molar-refractivity contribution in [2.75, 3.05) is 7.05 Å². The molecule has 15 heavy (non-hydrogen) atoms. The summed E-state index contributed by atoms with van der Waals surface area (Å²) in [6.45, 7) is 1.88. The number of halogens is 1. The van der Waals surface area contributed by atoms with Gasteiger partial charge in [-0.05, 0) is 24.6 Å². The van der Waals surface area contributed by atoms with E-state index in [0.717, 1.165) is 0 Å². The number of rotatable bonds is 1. The first-order valence-corrected chi connectivity index (χ1v) is 4.78. The summed E-state index contributed by atoms with van der Waals surface area (Å²) in [5.41, 5.74) is 0.695. The minimum Gasteiger partial charge on any atom is -0.439 e. The summed E-state index contributed by atoms with van der Waals surface area (Å²) in [6.07, 6.45) is -0.741. The minimum absolute atomic E-state index is 0.0701. The molecule has 2 atom stereocenters. The molecule has 0 aromatic heterocycles. The zero-order valence-corrected chi connectivity index (χ0v) is 8.61. The van der Waals surface area contributed by atoms with E-state index in [-0.39, 0.29) is 24.1 Å². The molecule has 0 N–H and O–H groups in total. The van der Waals surface area contributed by atoms with Gasteiger partial charge in [0.1, 0.15) is 11.9 Å². The van der Waals surface area contributed by atoms with Crippen LogP contribution in [0.2, 0.25) is 0 Å². The summed E-state index contributed by atoms with van der Waals surface area (Å²) < 4.78 is 18.1. The molecule has 3 nitrogen and oxygen atoms in total. The van der Waals surface area contributed by atoms with Crippen molar-refractivity contribution in [2.24, 2.45) is 0 Å². The SMILES string of the molecule is C[C@H]1[C@@H](c2cccc(F)c2)OC(=O)N1C. The molecule has 0 radical (unpaired) electrons. The van der Waals surface area contributed by atoms with E-state index < -0.39 is 0 Å². The Kier molecular flexibility index (Phi) is 2.34. The summed E-state index contributed by atoms with van der Waals surface area (Å²) in [6, 6.07) is 6.07. The zero-order valence-electron chi connectivity index (χ0n) is 8.61. The molecule has 1 amide bonds. The van der Waals surface area contributed by atoms with E-state index in [1.807, 2.05) is 6.92 Å². The molecule has 2 rings (SSSR count). The largest absolute Gasteiger partial charge is 0.439 e. The summed E-state index contributed by atoms with van der Waals surface area (Å²) in [7, 11) is 1.67. The Morgan fingerprint density at radius 2 is 2.20 bits per heavy atom. The molecule has 1 fully saturated rings. The van der Waals surface area contributed by atoms with Crippen molar-refractivity contribution >= 4 is 6.09 Å². The van der Waals surface area contributed by atoms with Gasteiger partial charge in [0.2, 0.25) is 0 Å². The molecule has 0 bridgehead atoms. The number of likely N-dealkylation sites (N-methyl/N-ethyl adjacent to an activating group) is 1. The smallest absolute Gasteiger partial charge is 0.410 e. The number of hydrogen-bond acceptors (Lipinski definition) is 2. The first kappa shape index (κ1) is 9.96.